The molecule has 21 heavy (non-hydrogen) atoms. The summed E-state index contributed by atoms with van der Waals surface area (Å²) < 4.78 is 0. The van der Waals surface area contributed by atoms with E-state index in [0.29, 0.717) is 0 Å². The van der Waals surface area contributed by atoms with E-state index >= 15 is 0 Å². The number of piperidine rings is 1. The zero-order chi connectivity index (χ0) is 14.8. The summed E-state index contributed by atoms with van der Waals surface area (Å²) in [6.45, 7) is 2.78. The van der Waals surface area contributed by atoms with Crippen molar-refractivity contribution in [2.45, 2.75) is 38.3 Å². The Hall–Kier alpha value is -1.94. The molecule has 4 heteroatoms. The third kappa shape index (κ3) is 2.63. The molecule has 2 aromatic rings. The van der Waals surface area contributed by atoms with E-state index in [2.05, 4.69) is 4.98 Å². The summed E-state index contributed by atoms with van der Waals surface area (Å²) >= 11 is 0. The molecule has 1 saturated heterocycles. The maximum absolute atomic E-state index is 13.0. The van der Waals surface area contributed by atoms with Crippen molar-refractivity contribution in [3.8, 4) is 0 Å². The molecule has 0 aliphatic carbocycles. The number of aromatic nitrogens is 1. The summed E-state index contributed by atoms with van der Waals surface area (Å²) in [6, 6.07) is 9.69. The van der Waals surface area contributed by atoms with Crippen molar-refractivity contribution >= 4 is 16.8 Å². The van der Waals surface area contributed by atoms with Crippen LogP contribution in [0.25, 0.3) is 10.9 Å². The van der Waals surface area contributed by atoms with Gasteiger partial charge in [-0.05, 0) is 44.4 Å². The van der Waals surface area contributed by atoms with Gasteiger partial charge in [0.05, 0.1) is 5.52 Å². The van der Waals surface area contributed by atoms with Gasteiger partial charge in [0.25, 0.3) is 5.91 Å². The third-order valence-electron chi connectivity index (χ3n) is 4.29. The van der Waals surface area contributed by atoms with Crippen molar-refractivity contribution in [1.82, 2.24) is 9.88 Å². The lowest BCUT2D eigenvalue weighted by Gasteiger charge is -2.38. The number of fused-ring (bicyclic) bond motifs is 1. The van der Waals surface area contributed by atoms with Crippen molar-refractivity contribution in [1.29, 1.82) is 0 Å². The first-order valence-electron chi connectivity index (χ1n) is 7.59. The van der Waals surface area contributed by atoms with E-state index in [-0.39, 0.29) is 18.0 Å². The lowest BCUT2D eigenvalue weighted by atomic mass is 9.95. The molecule has 2 unspecified atom stereocenters. The maximum atomic E-state index is 13.0. The normalized spacial score (nSPS) is 20.5. The van der Waals surface area contributed by atoms with Gasteiger partial charge < -0.3 is 10.6 Å². The van der Waals surface area contributed by atoms with E-state index in [1.54, 1.807) is 6.20 Å². The van der Waals surface area contributed by atoms with Crippen LogP contribution >= 0.6 is 0 Å². The van der Waals surface area contributed by atoms with Crippen molar-refractivity contribution < 1.29 is 4.79 Å². The van der Waals surface area contributed by atoms with E-state index < -0.39 is 0 Å². The Balaban J connectivity index is 1.99. The number of nitrogens with zero attached hydrogens (tertiary/aromatic N) is 2. The Kier molecular flexibility index (Phi) is 3.88. The minimum atomic E-state index is 0.00218. The smallest absolute Gasteiger partial charge is 0.254 e. The fourth-order valence-electron chi connectivity index (χ4n) is 3.20. The molecule has 1 aromatic heterocycles. The molecule has 0 radical (unpaired) electrons. The van der Waals surface area contributed by atoms with Gasteiger partial charge in [0.15, 0.2) is 0 Å². The molecule has 0 bridgehead atoms. The lowest BCUT2D eigenvalue weighted by Crippen LogP contribution is -2.51. The molecule has 1 fully saturated rings. The molecule has 110 valence electrons. The minimum Gasteiger partial charge on any atom is -0.334 e. The molecule has 3 rings (SSSR count). The molecule has 0 saturated carbocycles. The van der Waals surface area contributed by atoms with Crippen LogP contribution in [-0.2, 0) is 0 Å². The van der Waals surface area contributed by atoms with Crippen LogP contribution in [-0.4, -0.2) is 34.4 Å². The second-order valence-electron chi connectivity index (χ2n) is 5.80. The molecule has 2 atom stereocenters. The summed E-state index contributed by atoms with van der Waals surface area (Å²) in [7, 11) is 0. The van der Waals surface area contributed by atoms with Crippen LogP contribution in [0.4, 0.5) is 0 Å². The third-order valence-corrected chi connectivity index (χ3v) is 4.29. The molecular weight excluding hydrogens is 262 g/mol. The molecule has 2 N–H and O–H groups in total. The fraction of sp³-hybridized carbons (Fsp3) is 0.412. The number of carbonyl (C=O) groups is 1. The molecule has 2 heterocycles. The summed E-state index contributed by atoms with van der Waals surface area (Å²) in [6.07, 6.45) is 4.94. The van der Waals surface area contributed by atoms with Crippen molar-refractivity contribution in [3.05, 3.63) is 42.1 Å². The van der Waals surface area contributed by atoms with Crippen molar-refractivity contribution in [3.63, 3.8) is 0 Å². The predicted octanol–water partition coefficient (Wildman–Crippen LogP) is 2.58. The second kappa shape index (κ2) is 5.82. The van der Waals surface area contributed by atoms with Gasteiger partial charge in [0.1, 0.15) is 0 Å². The molecule has 1 aliphatic rings. The molecule has 4 nitrogen and oxygen atoms in total. The Morgan fingerprint density at radius 2 is 2.19 bits per heavy atom. The summed E-state index contributed by atoms with van der Waals surface area (Å²) in [4.78, 5) is 19.3. The molecular formula is C17H21N3O. The number of hydrogen-bond acceptors (Lipinski definition) is 3. The topological polar surface area (TPSA) is 59.2 Å². The Bertz CT molecular complexity index is 648. The number of amides is 1. The summed E-state index contributed by atoms with van der Waals surface area (Å²) in [5.41, 5.74) is 7.67. The number of benzene rings is 1. The molecule has 0 spiro atoms. The standard InChI is InChI=1S/C17H21N3O/c1-12(18)16-9-2-3-11-20(16)17(21)14-6-4-8-15-13(14)7-5-10-19-15/h4-8,10,12,16H,2-3,9,11,18H2,1H3. The number of carbonyl (C=O) groups excluding carboxylic acids is 1. The number of likely N-dealkylation sites (tertiary alicyclic amines) is 1. The zero-order valence-corrected chi connectivity index (χ0v) is 12.3. The van der Waals surface area contributed by atoms with E-state index in [0.717, 1.165) is 42.3 Å². The largest absolute Gasteiger partial charge is 0.334 e. The highest BCUT2D eigenvalue weighted by atomic mass is 16.2. The highest BCUT2D eigenvalue weighted by molar-refractivity contribution is 6.06. The average molecular weight is 283 g/mol. The van der Waals surface area contributed by atoms with E-state index in [1.165, 1.54) is 0 Å². The van der Waals surface area contributed by atoms with E-state index in [4.69, 9.17) is 5.73 Å². The van der Waals surface area contributed by atoms with E-state index in [1.807, 2.05) is 42.2 Å². The van der Waals surface area contributed by atoms with Gasteiger partial charge in [-0.3, -0.25) is 9.78 Å². The van der Waals surface area contributed by atoms with Crippen molar-refractivity contribution in [2.24, 2.45) is 5.73 Å². The molecule has 1 amide bonds. The first-order chi connectivity index (χ1) is 10.2. The minimum absolute atomic E-state index is 0.00218. The first-order valence-corrected chi connectivity index (χ1v) is 7.59. The molecule has 1 aliphatic heterocycles. The zero-order valence-electron chi connectivity index (χ0n) is 12.3. The summed E-state index contributed by atoms with van der Waals surface area (Å²) in [5.74, 6) is 0.0793. The van der Waals surface area contributed by atoms with Crippen LogP contribution in [0.2, 0.25) is 0 Å². The SMILES string of the molecule is CC(N)C1CCCCN1C(=O)c1cccc2ncccc12. The van der Waals surface area contributed by atoms with Gasteiger partial charge in [-0.25, -0.2) is 0 Å². The van der Waals surface area contributed by atoms with Crippen LogP contribution < -0.4 is 5.73 Å². The van der Waals surface area contributed by atoms with Crippen LogP contribution in [0, 0.1) is 0 Å². The maximum Gasteiger partial charge on any atom is 0.254 e. The van der Waals surface area contributed by atoms with Gasteiger partial charge in [-0.1, -0.05) is 12.1 Å². The molecule has 1 aromatic carbocycles. The van der Waals surface area contributed by atoms with Crippen LogP contribution in [0.5, 0.6) is 0 Å². The highest BCUT2D eigenvalue weighted by Crippen LogP contribution is 2.24. The van der Waals surface area contributed by atoms with Gasteiger partial charge in [0.2, 0.25) is 0 Å². The highest BCUT2D eigenvalue weighted by Gasteiger charge is 2.30. The first kappa shape index (κ1) is 14.0. The van der Waals surface area contributed by atoms with Gasteiger partial charge in [-0.2, -0.15) is 0 Å². The number of rotatable bonds is 2. The van der Waals surface area contributed by atoms with E-state index in [9.17, 15) is 4.79 Å². The summed E-state index contributed by atoms with van der Waals surface area (Å²) in [5, 5.41) is 0.916. The quantitative estimate of drug-likeness (QED) is 0.921. The average Bonchev–Trinajstić information content (AvgIpc) is 2.53. The van der Waals surface area contributed by atoms with Crippen LogP contribution in [0.1, 0.15) is 36.5 Å². The van der Waals surface area contributed by atoms with Gasteiger partial charge in [0, 0.05) is 35.8 Å². The Labute approximate surface area is 125 Å². The van der Waals surface area contributed by atoms with Crippen LogP contribution in [0.3, 0.4) is 0 Å². The Morgan fingerprint density at radius 1 is 1.33 bits per heavy atom. The predicted molar refractivity (Wildman–Crippen MR) is 84.1 cm³/mol. The van der Waals surface area contributed by atoms with Crippen molar-refractivity contribution in [2.75, 3.05) is 6.54 Å². The fourth-order valence-corrected chi connectivity index (χ4v) is 3.20. The number of nitrogens with two attached hydrogens (primary N) is 1. The van der Waals surface area contributed by atoms with Gasteiger partial charge >= 0.3 is 0 Å². The number of hydrogen-bond donors (Lipinski definition) is 1. The van der Waals surface area contributed by atoms with Crippen LogP contribution in [0.15, 0.2) is 36.5 Å². The Morgan fingerprint density at radius 3 is 3.00 bits per heavy atom. The number of pyridine rings is 1. The second-order valence-corrected chi connectivity index (χ2v) is 5.80. The lowest BCUT2D eigenvalue weighted by molar-refractivity contribution is 0.0586. The monoisotopic (exact) mass is 283 g/mol. The van der Waals surface area contributed by atoms with Gasteiger partial charge in [-0.15, -0.1) is 0 Å².